The number of thioether (sulfide) groups is 1. The van der Waals surface area contributed by atoms with E-state index in [2.05, 4.69) is 40.1 Å². The van der Waals surface area contributed by atoms with Crippen LogP contribution < -0.4 is 11.3 Å². The van der Waals surface area contributed by atoms with Crippen LogP contribution in [0.4, 0.5) is 0 Å². The third-order valence-electron chi connectivity index (χ3n) is 1.95. The molecule has 1 aromatic carbocycles. The van der Waals surface area contributed by atoms with Gasteiger partial charge in [-0.15, -0.1) is 18.3 Å². The maximum atomic E-state index is 5.43. The predicted molar refractivity (Wildman–Crippen MR) is 70.8 cm³/mol. The molecular weight excluding hydrogens is 272 g/mol. The van der Waals surface area contributed by atoms with Crippen molar-refractivity contribution in [2.45, 2.75) is 17.4 Å². The van der Waals surface area contributed by atoms with E-state index in [1.807, 2.05) is 18.2 Å². The minimum absolute atomic E-state index is 0.288. The minimum Gasteiger partial charge on any atom is -0.271 e. The first-order valence-corrected chi connectivity index (χ1v) is 6.49. The fourth-order valence-corrected chi connectivity index (χ4v) is 2.33. The first-order chi connectivity index (χ1) is 7.26. The Morgan fingerprint density at radius 1 is 1.47 bits per heavy atom. The Balaban J connectivity index is 2.41. The van der Waals surface area contributed by atoms with Crippen molar-refractivity contribution in [3.8, 4) is 0 Å². The molecule has 0 aliphatic carbocycles. The lowest BCUT2D eigenvalue weighted by molar-refractivity contribution is 0.585. The Morgan fingerprint density at radius 3 is 2.67 bits per heavy atom. The summed E-state index contributed by atoms with van der Waals surface area (Å²) in [6.45, 7) is 3.70. The van der Waals surface area contributed by atoms with Crippen molar-refractivity contribution in [1.82, 2.24) is 5.43 Å². The molecule has 2 nitrogen and oxygen atoms in total. The Hall–Kier alpha value is -0.290. The molecule has 0 amide bonds. The number of rotatable bonds is 6. The van der Waals surface area contributed by atoms with E-state index < -0.39 is 0 Å². The van der Waals surface area contributed by atoms with Crippen LogP contribution in [0.15, 0.2) is 46.3 Å². The van der Waals surface area contributed by atoms with Gasteiger partial charge in [-0.1, -0.05) is 22.0 Å². The Kier molecular flexibility index (Phi) is 6.02. The second-order valence-electron chi connectivity index (χ2n) is 3.15. The largest absolute Gasteiger partial charge is 0.271 e. The highest BCUT2D eigenvalue weighted by Gasteiger charge is 2.04. The number of hydrazine groups is 1. The molecule has 0 saturated carbocycles. The molecule has 0 aliphatic rings. The first-order valence-electron chi connectivity index (χ1n) is 4.71. The summed E-state index contributed by atoms with van der Waals surface area (Å²) in [5.41, 5.74) is 2.78. The lowest BCUT2D eigenvalue weighted by Crippen LogP contribution is -2.36. The van der Waals surface area contributed by atoms with Gasteiger partial charge in [0.05, 0.1) is 0 Å². The lowest BCUT2D eigenvalue weighted by Gasteiger charge is -2.12. The molecule has 0 fully saturated rings. The fraction of sp³-hybridized carbons (Fsp3) is 0.273. The van der Waals surface area contributed by atoms with Crippen molar-refractivity contribution in [2.24, 2.45) is 5.84 Å². The number of halogens is 1. The van der Waals surface area contributed by atoms with E-state index in [9.17, 15) is 0 Å². The van der Waals surface area contributed by atoms with Gasteiger partial charge in [-0.3, -0.25) is 11.3 Å². The van der Waals surface area contributed by atoms with Gasteiger partial charge in [0.1, 0.15) is 0 Å². The third-order valence-corrected chi connectivity index (χ3v) is 3.65. The van der Waals surface area contributed by atoms with Crippen molar-refractivity contribution in [1.29, 1.82) is 0 Å². The molecule has 4 heteroatoms. The average molecular weight is 287 g/mol. The second kappa shape index (κ2) is 7.06. The maximum Gasteiger partial charge on any atom is 0.0338 e. The van der Waals surface area contributed by atoms with Crippen LogP contribution in [-0.2, 0) is 0 Å². The van der Waals surface area contributed by atoms with Crippen LogP contribution in [0.25, 0.3) is 0 Å². The van der Waals surface area contributed by atoms with Gasteiger partial charge < -0.3 is 0 Å². The number of hydrogen-bond acceptors (Lipinski definition) is 3. The first kappa shape index (κ1) is 12.8. The molecule has 3 N–H and O–H groups in total. The third kappa shape index (κ3) is 4.84. The minimum atomic E-state index is 0.288. The SMILES string of the molecule is C=CCC(CSc1ccc(Br)cc1)NN. The van der Waals surface area contributed by atoms with Crippen LogP contribution in [0, 0.1) is 0 Å². The van der Waals surface area contributed by atoms with Gasteiger partial charge in [0.15, 0.2) is 0 Å². The van der Waals surface area contributed by atoms with Crippen molar-refractivity contribution >= 4 is 27.7 Å². The summed E-state index contributed by atoms with van der Waals surface area (Å²) >= 11 is 5.20. The number of benzene rings is 1. The highest BCUT2D eigenvalue weighted by atomic mass is 79.9. The lowest BCUT2D eigenvalue weighted by atomic mass is 10.2. The summed E-state index contributed by atoms with van der Waals surface area (Å²) in [6.07, 6.45) is 2.77. The fourth-order valence-electron chi connectivity index (χ4n) is 1.11. The van der Waals surface area contributed by atoms with Crippen LogP contribution in [0.3, 0.4) is 0 Å². The van der Waals surface area contributed by atoms with Gasteiger partial charge in [-0.25, -0.2) is 0 Å². The van der Waals surface area contributed by atoms with Crippen molar-refractivity contribution in [3.63, 3.8) is 0 Å². The van der Waals surface area contributed by atoms with Gasteiger partial charge in [-0.2, -0.15) is 0 Å². The molecule has 82 valence electrons. The molecule has 0 aliphatic heterocycles. The van der Waals surface area contributed by atoms with Gasteiger partial charge in [-0.05, 0) is 30.7 Å². The van der Waals surface area contributed by atoms with Crippen LogP contribution in [0.2, 0.25) is 0 Å². The Bertz CT molecular complexity index is 300. The van der Waals surface area contributed by atoms with Crippen LogP contribution in [0.5, 0.6) is 0 Å². The molecule has 0 radical (unpaired) electrons. The molecule has 1 rings (SSSR count). The highest BCUT2D eigenvalue weighted by molar-refractivity contribution is 9.10. The van der Waals surface area contributed by atoms with E-state index in [1.165, 1.54) is 4.90 Å². The molecule has 1 unspecified atom stereocenters. The van der Waals surface area contributed by atoms with Crippen molar-refractivity contribution in [3.05, 3.63) is 41.4 Å². The van der Waals surface area contributed by atoms with E-state index in [-0.39, 0.29) is 6.04 Å². The van der Waals surface area contributed by atoms with Gasteiger partial charge in [0.2, 0.25) is 0 Å². The predicted octanol–water partition coefficient (Wildman–Crippen LogP) is 2.95. The zero-order chi connectivity index (χ0) is 11.1. The quantitative estimate of drug-likeness (QED) is 0.366. The summed E-state index contributed by atoms with van der Waals surface area (Å²) in [5, 5.41) is 0. The monoisotopic (exact) mass is 286 g/mol. The second-order valence-corrected chi connectivity index (χ2v) is 5.16. The molecule has 0 bridgehead atoms. The molecule has 0 heterocycles. The van der Waals surface area contributed by atoms with E-state index in [0.717, 1.165) is 16.6 Å². The van der Waals surface area contributed by atoms with Gasteiger partial charge in [0.25, 0.3) is 0 Å². The molecule has 0 saturated heterocycles. The van der Waals surface area contributed by atoms with Crippen molar-refractivity contribution < 1.29 is 0 Å². The highest BCUT2D eigenvalue weighted by Crippen LogP contribution is 2.21. The molecule has 0 spiro atoms. The smallest absolute Gasteiger partial charge is 0.0338 e. The molecule has 1 aromatic rings. The standard InChI is InChI=1S/C11H15BrN2S/c1-2-3-10(14-13)8-15-11-6-4-9(12)5-7-11/h2,4-7,10,14H,1,3,8,13H2. The van der Waals surface area contributed by atoms with Gasteiger partial charge in [0, 0.05) is 21.2 Å². The zero-order valence-corrected chi connectivity index (χ0v) is 10.9. The number of nitrogens with one attached hydrogen (secondary N) is 1. The number of hydrogen-bond donors (Lipinski definition) is 2. The summed E-state index contributed by atoms with van der Waals surface area (Å²) in [7, 11) is 0. The van der Waals surface area contributed by atoms with Gasteiger partial charge >= 0.3 is 0 Å². The molecule has 0 aromatic heterocycles. The topological polar surface area (TPSA) is 38.0 Å². The van der Waals surface area contributed by atoms with E-state index in [1.54, 1.807) is 11.8 Å². The normalized spacial score (nSPS) is 12.4. The average Bonchev–Trinajstić information content (AvgIpc) is 2.26. The maximum absolute atomic E-state index is 5.43. The summed E-state index contributed by atoms with van der Waals surface area (Å²) in [5.74, 6) is 6.38. The number of nitrogens with two attached hydrogens (primary N) is 1. The van der Waals surface area contributed by atoms with Crippen LogP contribution in [0.1, 0.15) is 6.42 Å². The summed E-state index contributed by atoms with van der Waals surface area (Å²) in [6, 6.07) is 8.56. The molecule has 15 heavy (non-hydrogen) atoms. The summed E-state index contributed by atoms with van der Waals surface area (Å²) < 4.78 is 1.10. The van der Waals surface area contributed by atoms with Crippen LogP contribution >= 0.6 is 27.7 Å². The zero-order valence-electron chi connectivity index (χ0n) is 8.45. The van der Waals surface area contributed by atoms with Crippen molar-refractivity contribution in [2.75, 3.05) is 5.75 Å². The Labute approximate surface area is 103 Å². The molecule has 1 atom stereocenters. The Morgan fingerprint density at radius 2 is 2.13 bits per heavy atom. The van der Waals surface area contributed by atoms with E-state index in [4.69, 9.17) is 5.84 Å². The van der Waals surface area contributed by atoms with E-state index >= 15 is 0 Å². The molecular formula is C11H15BrN2S. The van der Waals surface area contributed by atoms with Crippen LogP contribution in [-0.4, -0.2) is 11.8 Å². The summed E-state index contributed by atoms with van der Waals surface area (Å²) in [4.78, 5) is 1.25. The van der Waals surface area contributed by atoms with E-state index in [0.29, 0.717) is 0 Å².